The molecule has 1 heterocycles. The molecular weight excluding hydrogens is 288 g/mol. The molecule has 0 radical (unpaired) electrons. The highest BCUT2D eigenvalue weighted by Gasteiger charge is 2.39. The monoisotopic (exact) mass is 295 g/mol. The van der Waals surface area contributed by atoms with Gasteiger partial charge in [-0.15, -0.1) is 0 Å². The third-order valence-corrected chi connectivity index (χ3v) is 4.56. The molecule has 4 nitrogen and oxygen atoms in total. The van der Waals surface area contributed by atoms with Crippen LogP contribution in [-0.4, -0.2) is 26.1 Å². The zero-order valence-corrected chi connectivity index (χ0v) is 10.5. The summed E-state index contributed by atoms with van der Waals surface area (Å²) >= 11 is 0. The summed E-state index contributed by atoms with van der Waals surface area (Å²) in [7, 11) is 1.21. The van der Waals surface area contributed by atoms with Crippen LogP contribution in [0.2, 0.25) is 0 Å². The molecule has 0 N–H and O–H groups in total. The first-order valence-electron chi connectivity index (χ1n) is 4.98. The molecule has 18 heavy (non-hydrogen) atoms. The molecular formula is C10H8ClF2NO3S. The van der Waals surface area contributed by atoms with Crippen molar-refractivity contribution in [2.75, 3.05) is 11.4 Å². The topological polar surface area (TPSA) is 54.5 Å². The third-order valence-electron chi connectivity index (χ3n) is 2.70. The summed E-state index contributed by atoms with van der Waals surface area (Å²) < 4.78 is 49.2. The Balaban J connectivity index is 2.39. The van der Waals surface area contributed by atoms with E-state index in [1.165, 1.54) is 0 Å². The van der Waals surface area contributed by atoms with Gasteiger partial charge in [-0.05, 0) is 12.1 Å². The van der Waals surface area contributed by atoms with Gasteiger partial charge in [0.1, 0.15) is 22.6 Å². The predicted octanol–water partition coefficient (Wildman–Crippen LogP) is 1.64. The highest BCUT2D eigenvalue weighted by Crippen LogP contribution is 2.30. The Kier molecular flexibility index (Phi) is 3.29. The van der Waals surface area contributed by atoms with Crippen molar-refractivity contribution in [2.45, 2.75) is 11.7 Å². The van der Waals surface area contributed by atoms with Crippen molar-refractivity contribution in [3.05, 3.63) is 29.8 Å². The minimum atomic E-state index is -3.94. The largest absolute Gasteiger partial charge is 0.306 e. The van der Waals surface area contributed by atoms with Crippen LogP contribution < -0.4 is 4.90 Å². The number of nitrogens with zero attached hydrogens (tertiary/aromatic N) is 1. The van der Waals surface area contributed by atoms with Crippen molar-refractivity contribution in [1.29, 1.82) is 0 Å². The maximum Gasteiger partial charge on any atom is 0.237 e. The lowest BCUT2D eigenvalue weighted by molar-refractivity contribution is -0.117. The fourth-order valence-electron chi connectivity index (χ4n) is 1.83. The number of carbonyl (C=O) groups excluding carboxylic acids is 1. The number of hydrogen-bond donors (Lipinski definition) is 0. The molecule has 8 heteroatoms. The first-order valence-corrected chi connectivity index (χ1v) is 7.36. The average Bonchev–Trinajstić information content (AvgIpc) is 2.60. The quantitative estimate of drug-likeness (QED) is 0.780. The molecule has 0 spiro atoms. The minimum Gasteiger partial charge on any atom is -0.306 e. The van der Waals surface area contributed by atoms with Gasteiger partial charge in [0.05, 0.1) is 0 Å². The smallest absolute Gasteiger partial charge is 0.237 e. The number of rotatable bonds is 2. The summed E-state index contributed by atoms with van der Waals surface area (Å²) in [6.07, 6.45) is -0.375. The van der Waals surface area contributed by atoms with Gasteiger partial charge in [-0.2, -0.15) is 0 Å². The molecule has 2 rings (SSSR count). The van der Waals surface area contributed by atoms with Crippen LogP contribution >= 0.6 is 10.7 Å². The van der Waals surface area contributed by atoms with Crippen LogP contribution in [0.4, 0.5) is 14.5 Å². The molecule has 0 aromatic heterocycles. The van der Waals surface area contributed by atoms with Crippen molar-refractivity contribution in [2.24, 2.45) is 0 Å². The molecule has 1 unspecified atom stereocenters. The number of anilines is 1. The SMILES string of the molecule is O=C1CC(S(=O)(=O)Cl)CN1c1c(F)cccc1F. The lowest BCUT2D eigenvalue weighted by atomic mass is 10.2. The van der Waals surface area contributed by atoms with E-state index in [0.29, 0.717) is 0 Å². The molecule has 0 saturated carbocycles. The third kappa shape index (κ3) is 2.32. The van der Waals surface area contributed by atoms with Crippen LogP contribution in [-0.2, 0) is 13.8 Å². The summed E-state index contributed by atoms with van der Waals surface area (Å²) in [5.41, 5.74) is -0.537. The van der Waals surface area contributed by atoms with Crippen LogP contribution in [0, 0.1) is 11.6 Å². The summed E-state index contributed by atoms with van der Waals surface area (Å²) in [5, 5.41) is -1.15. The van der Waals surface area contributed by atoms with E-state index in [2.05, 4.69) is 0 Å². The van der Waals surface area contributed by atoms with Crippen molar-refractivity contribution in [3.8, 4) is 0 Å². The summed E-state index contributed by atoms with van der Waals surface area (Å²) in [4.78, 5) is 12.4. The second-order valence-electron chi connectivity index (χ2n) is 3.88. The van der Waals surface area contributed by atoms with Crippen LogP contribution in [0.3, 0.4) is 0 Å². The Bertz CT molecular complexity index is 585. The zero-order chi connectivity index (χ0) is 13.5. The lowest BCUT2D eigenvalue weighted by Gasteiger charge is -2.17. The van der Waals surface area contributed by atoms with Gasteiger partial charge in [-0.25, -0.2) is 17.2 Å². The molecule has 1 aromatic carbocycles. The molecule has 0 bridgehead atoms. The Labute approximate surface area is 107 Å². The van der Waals surface area contributed by atoms with Gasteiger partial charge in [0, 0.05) is 23.6 Å². The van der Waals surface area contributed by atoms with E-state index in [1.54, 1.807) is 0 Å². The van der Waals surface area contributed by atoms with E-state index in [9.17, 15) is 22.0 Å². The van der Waals surface area contributed by atoms with Crippen LogP contribution in [0.1, 0.15) is 6.42 Å². The second-order valence-corrected chi connectivity index (χ2v) is 6.78. The Morgan fingerprint density at radius 3 is 2.28 bits per heavy atom. The van der Waals surface area contributed by atoms with Gasteiger partial charge in [0.25, 0.3) is 0 Å². The average molecular weight is 296 g/mol. The standard InChI is InChI=1S/C10H8ClF2NO3S/c11-18(16,17)6-4-9(15)14(5-6)10-7(12)2-1-3-8(10)13/h1-3,6H,4-5H2. The van der Waals surface area contributed by atoms with E-state index < -0.39 is 37.5 Å². The van der Waals surface area contributed by atoms with E-state index in [0.717, 1.165) is 23.1 Å². The fraction of sp³-hybridized carbons (Fsp3) is 0.300. The number of amides is 1. The van der Waals surface area contributed by atoms with E-state index in [1.807, 2.05) is 0 Å². The van der Waals surface area contributed by atoms with Crippen LogP contribution in [0.25, 0.3) is 0 Å². The Morgan fingerprint density at radius 1 is 1.28 bits per heavy atom. The van der Waals surface area contributed by atoms with E-state index in [4.69, 9.17) is 10.7 Å². The van der Waals surface area contributed by atoms with Gasteiger partial charge < -0.3 is 4.90 Å². The molecule has 1 saturated heterocycles. The van der Waals surface area contributed by atoms with Gasteiger partial charge in [0.15, 0.2) is 0 Å². The summed E-state index contributed by atoms with van der Waals surface area (Å²) in [5.74, 6) is -2.51. The Hall–Kier alpha value is -1.21. The molecule has 1 aliphatic heterocycles. The van der Waals surface area contributed by atoms with Crippen LogP contribution in [0.5, 0.6) is 0 Å². The first kappa shape index (κ1) is 13.2. The highest BCUT2D eigenvalue weighted by atomic mass is 35.7. The van der Waals surface area contributed by atoms with Crippen molar-refractivity contribution < 1.29 is 22.0 Å². The second kappa shape index (κ2) is 4.47. The maximum absolute atomic E-state index is 13.5. The molecule has 0 aliphatic carbocycles. The lowest BCUT2D eigenvalue weighted by Crippen LogP contribution is -2.28. The predicted molar refractivity (Wildman–Crippen MR) is 61.9 cm³/mol. The first-order chi connectivity index (χ1) is 8.30. The van der Waals surface area contributed by atoms with Crippen molar-refractivity contribution in [3.63, 3.8) is 0 Å². The van der Waals surface area contributed by atoms with Crippen molar-refractivity contribution in [1.82, 2.24) is 0 Å². The number of benzene rings is 1. The summed E-state index contributed by atoms with van der Waals surface area (Å²) in [6, 6.07) is 3.15. The molecule has 1 aliphatic rings. The molecule has 1 fully saturated rings. The number of halogens is 3. The summed E-state index contributed by atoms with van der Waals surface area (Å²) in [6.45, 7) is -0.345. The maximum atomic E-state index is 13.5. The molecule has 98 valence electrons. The molecule has 1 atom stereocenters. The normalized spacial score (nSPS) is 20.5. The Morgan fingerprint density at radius 2 is 1.83 bits per heavy atom. The van der Waals surface area contributed by atoms with E-state index in [-0.39, 0.29) is 13.0 Å². The molecule has 1 aromatic rings. The minimum absolute atomic E-state index is 0.345. The van der Waals surface area contributed by atoms with Gasteiger partial charge in [-0.3, -0.25) is 4.79 Å². The van der Waals surface area contributed by atoms with Gasteiger partial charge in [-0.1, -0.05) is 6.07 Å². The van der Waals surface area contributed by atoms with E-state index >= 15 is 0 Å². The fourth-order valence-corrected chi connectivity index (χ4v) is 2.85. The highest BCUT2D eigenvalue weighted by molar-refractivity contribution is 8.14. The number of para-hydroxylation sites is 1. The van der Waals surface area contributed by atoms with Gasteiger partial charge in [0.2, 0.25) is 15.0 Å². The number of hydrogen-bond acceptors (Lipinski definition) is 3. The zero-order valence-electron chi connectivity index (χ0n) is 8.94. The van der Waals surface area contributed by atoms with Crippen LogP contribution in [0.15, 0.2) is 18.2 Å². The van der Waals surface area contributed by atoms with Crippen molar-refractivity contribution >= 4 is 31.3 Å². The number of carbonyl (C=O) groups is 1. The molecule has 1 amide bonds. The van der Waals surface area contributed by atoms with Gasteiger partial charge >= 0.3 is 0 Å².